The number of nitro groups is 1. The summed E-state index contributed by atoms with van der Waals surface area (Å²) in [5.74, 6) is -1.10. The molecule has 0 fully saturated rings. The van der Waals surface area contributed by atoms with E-state index in [1.54, 1.807) is 7.11 Å². The highest BCUT2D eigenvalue weighted by Crippen LogP contribution is 2.28. The van der Waals surface area contributed by atoms with Crippen molar-refractivity contribution in [1.82, 2.24) is 5.32 Å². The van der Waals surface area contributed by atoms with E-state index in [2.05, 4.69) is 5.32 Å². The van der Waals surface area contributed by atoms with Gasteiger partial charge in [-0.25, -0.2) is 0 Å². The molecule has 1 amide bonds. The maximum absolute atomic E-state index is 12.1. The van der Waals surface area contributed by atoms with Crippen molar-refractivity contribution < 1.29 is 18.9 Å². The monoisotopic (exact) mass is 318 g/mol. The van der Waals surface area contributed by atoms with Crippen LogP contribution in [0.25, 0.3) is 0 Å². The highest BCUT2D eigenvalue weighted by atomic mass is 16.6. The molecule has 0 radical (unpaired) electrons. The molecule has 1 unspecified atom stereocenters. The van der Waals surface area contributed by atoms with Gasteiger partial charge in [0, 0.05) is 7.11 Å². The lowest BCUT2D eigenvalue weighted by Crippen LogP contribution is -2.41. The van der Waals surface area contributed by atoms with E-state index in [0.29, 0.717) is 6.42 Å². The average Bonchev–Trinajstić information content (AvgIpc) is 3.07. The number of amides is 1. The molecule has 1 heterocycles. The van der Waals surface area contributed by atoms with Gasteiger partial charge in [-0.1, -0.05) is 37.3 Å². The first kappa shape index (κ1) is 16.7. The number of carbonyl (C=O) groups excluding carboxylic acids is 1. The zero-order chi connectivity index (χ0) is 16.9. The molecule has 0 spiro atoms. The molecule has 0 bridgehead atoms. The number of nitrogens with one attached hydrogen (secondary N) is 1. The molecule has 1 aromatic carbocycles. The Labute approximate surface area is 133 Å². The molecule has 122 valence electrons. The second kappa shape index (κ2) is 7.06. The van der Waals surface area contributed by atoms with Gasteiger partial charge in [-0.3, -0.25) is 14.9 Å². The van der Waals surface area contributed by atoms with Gasteiger partial charge < -0.3 is 14.5 Å². The SMILES string of the molecule is CCC(CNC(=O)c1ccc([N+](=O)[O-])o1)(OC)c1ccccc1. The summed E-state index contributed by atoms with van der Waals surface area (Å²) < 4.78 is 10.5. The van der Waals surface area contributed by atoms with Gasteiger partial charge in [-0.15, -0.1) is 0 Å². The van der Waals surface area contributed by atoms with E-state index in [0.717, 1.165) is 11.6 Å². The van der Waals surface area contributed by atoms with Crippen LogP contribution in [0.3, 0.4) is 0 Å². The molecular formula is C16H18N2O5. The van der Waals surface area contributed by atoms with Crippen LogP contribution >= 0.6 is 0 Å². The largest absolute Gasteiger partial charge is 0.433 e. The number of nitrogens with zero attached hydrogens (tertiary/aromatic N) is 1. The number of benzene rings is 1. The molecular weight excluding hydrogens is 300 g/mol. The minimum absolute atomic E-state index is 0.106. The minimum Gasteiger partial charge on any atom is -0.395 e. The smallest absolute Gasteiger partial charge is 0.395 e. The zero-order valence-electron chi connectivity index (χ0n) is 12.9. The molecule has 1 aromatic heterocycles. The first-order chi connectivity index (χ1) is 11.0. The lowest BCUT2D eigenvalue weighted by atomic mass is 9.90. The average molecular weight is 318 g/mol. The van der Waals surface area contributed by atoms with Crippen LogP contribution in [0.15, 0.2) is 46.9 Å². The molecule has 0 aliphatic heterocycles. The zero-order valence-corrected chi connectivity index (χ0v) is 12.9. The third-order valence-electron chi connectivity index (χ3n) is 3.79. The quantitative estimate of drug-likeness (QED) is 0.625. The first-order valence-corrected chi connectivity index (χ1v) is 7.15. The van der Waals surface area contributed by atoms with E-state index in [1.807, 2.05) is 37.3 Å². The van der Waals surface area contributed by atoms with Crippen molar-refractivity contribution in [3.63, 3.8) is 0 Å². The van der Waals surface area contributed by atoms with Gasteiger partial charge in [0.25, 0.3) is 5.91 Å². The van der Waals surface area contributed by atoms with Gasteiger partial charge in [0.05, 0.1) is 12.6 Å². The normalized spacial score (nSPS) is 13.3. The molecule has 1 N–H and O–H groups in total. The van der Waals surface area contributed by atoms with Gasteiger partial charge in [-0.2, -0.15) is 0 Å². The number of rotatable bonds is 7. The Bertz CT molecular complexity index is 677. The third-order valence-corrected chi connectivity index (χ3v) is 3.79. The van der Waals surface area contributed by atoms with Gasteiger partial charge >= 0.3 is 5.88 Å². The van der Waals surface area contributed by atoms with E-state index in [9.17, 15) is 14.9 Å². The molecule has 2 aromatic rings. The van der Waals surface area contributed by atoms with Crippen LogP contribution in [0.4, 0.5) is 5.88 Å². The van der Waals surface area contributed by atoms with Crippen molar-refractivity contribution >= 4 is 11.8 Å². The van der Waals surface area contributed by atoms with Crippen LogP contribution in [0.2, 0.25) is 0 Å². The third kappa shape index (κ3) is 3.57. The summed E-state index contributed by atoms with van der Waals surface area (Å²) in [5.41, 5.74) is 0.269. The van der Waals surface area contributed by atoms with Crippen molar-refractivity contribution in [2.45, 2.75) is 18.9 Å². The fourth-order valence-electron chi connectivity index (χ4n) is 2.37. The van der Waals surface area contributed by atoms with Crippen molar-refractivity contribution in [2.24, 2.45) is 0 Å². The number of carbonyl (C=O) groups is 1. The van der Waals surface area contributed by atoms with Crippen LogP contribution in [0.1, 0.15) is 29.5 Å². The summed E-state index contributed by atoms with van der Waals surface area (Å²) in [7, 11) is 1.58. The second-order valence-electron chi connectivity index (χ2n) is 5.00. The van der Waals surface area contributed by atoms with E-state index in [-0.39, 0.29) is 12.3 Å². The Morgan fingerprint density at radius 1 is 1.30 bits per heavy atom. The van der Waals surface area contributed by atoms with Crippen LogP contribution in [0, 0.1) is 10.1 Å². The fraction of sp³-hybridized carbons (Fsp3) is 0.312. The number of hydrogen-bond acceptors (Lipinski definition) is 5. The number of methoxy groups -OCH3 is 1. The highest BCUT2D eigenvalue weighted by molar-refractivity contribution is 5.91. The predicted molar refractivity (Wildman–Crippen MR) is 83.1 cm³/mol. The Kier molecular flexibility index (Phi) is 5.13. The van der Waals surface area contributed by atoms with E-state index >= 15 is 0 Å². The summed E-state index contributed by atoms with van der Waals surface area (Å²) in [5, 5.41) is 13.3. The predicted octanol–water partition coefficient (Wildman–Crippen LogP) is 2.87. The van der Waals surface area contributed by atoms with E-state index < -0.39 is 22.3 Å². The molecule has 7 nitrogen and oxygen atoms in total. The second-order valence-corrected chi connectivity index (χ2v) is 5.00. The number of hydrogen-bond donors (Lipinski definition) is 1. The summed E-state index contributed by atoms with van der Waals surface area (Å²) in [6, 6.07) is 12.0. The van der Waals surface area contributed by atoms with Crippen LogP contribution < -0.4 is 5.32 Å². The van der Waals surface area contributed by atoms with Crippen LogP contribution in [0.5, 0.6) is 0 Å². The van der Waals surface area contributed by atoms with Crippen molar-refractivity contribution in [3.05, 3.63) is 63.9 Å². The summed E-state index contributed by atoms with van der Waals surface area (Å²) in [6.07, 6.45) is 0.645. The minimum atomic E-state index is -0.688. The Morgan fingerprint density at radius 3 is 2.52 bits per heavy atom. The van der Waals surface area contributed by atoms with Crippen LogP contribution in [-0.2, 0) is 10.3 Å². The Morgan fingerprint density at radius 2 is 2.00 bits per heavy atom. The maximum Gasteiger partial charge on any atom is 0.433 e. The molecule has 7 heteroatoms. The molecule has 0 aliphatic rings. The van der Waals surface area contributed by atoms with E-state index in [1.165, 1.54) is 6.07 Å². The molecule has 23 heavy (non-hydrogen) atoms. The van der Waals surface area contributed by atoms with E-state index in [4.69, 9.17) is 9.15 Å². The van der Waals surface area contributed by atoms with Crippen molar-refractivity contribution in [3.8, 4) is 0 Å². The van der Waals surface area contributed by atoms with Crippen LogP contribution in [-0.4, -0.2) is 24.5 Å². The number of ether oxygens (including phenoxy) is 1. The van der Waals surface area contributed by atoms with Crippen molar-refractivity contribution in [1.29, 1.82) is 0 Å². The lowest BCUT2D eigenvalue weighted by Gasteiger charge is -2.32. The molecule has 0 aliphatic carbocycles. The molecule has 2 rings (SSSR count). The van der Waals surface area contributed by atoms with Gasteiger partial charge in [0.15, 0.2) is 5.76 Å². The fourth-order valence-corrected chi connectivity index (χ4v) is 2.37. The Hall–Kier alpha value is -2.67. The standard InChI is InChI=1S/C16H18N2O5/c1-3-16(22-2,12-7-5-4-6-8-12)11-17-15(19)13-9-10-14(23-13)18(20)21/h4-10H,3,11H2,1-2H3,(H,17,19). The van der Waals surface area contributed by atoms with Gasteiger partial charge in [-0.05, 0) is 18.1 Å². The molecule has 0 saturated heterocycles. The Balaban J connectivity index is 2.12. The summed E-state index contributed by atoms with van der Waals surface area (Å²) in [6.45, 7) is 2.18. The molecule has 0 saturated carbocycles. The van der Waals surface area contributed by atoms with Gasteiger partial charge in [0.2, 0.25) is 0 Å². The first-order valence-electron chi connectivity index (χ1n) is 7.15. The number of furan rings is 1. The topological polar surface area (TPSA) is 94.6 Å². The highest BCUT2D eigenvalue weighted by Gasteiger charge is 2.31. The lowest BCUT2D eigenvalue weighted by molar-refractivity contribution is -0.402. The summed E-state index contributed by atoms with van der Waals surface area (Å²) >= 11 is 0. The van der Waals surface area contributed by atoms with Crippen molar-refractivity contribution in [2.75, 3.05) is 13.7 Å². The summed E-state index contributed by atoms with van der Waals surface area (Å²) in [4.78, 5) is 22.0. The maximum atomic E-state index is 12.1. The molecule has 1 atom stereocenters. The van der Waals surface area contributed by atoms with Gasteiger partial charge in [0.1, 0.15) is 10.5 Å².